The molecule has 2 aromatic rings. The zero-order chi connectivity index (χ0) is 13.7. The smallest absolute Gasteiger partial charge is 0.276 e. The molecule has 0 saturated carbocycles. The standard InChI is InChI=1S/C14H14N2O3/c1-2-11-6-5-7-13(16(17)18)12(11)10-19-14-8-3-4-9-15-14/h3-9H,2,10H2,1H3. The zero-order valence-corrected chi connectivity index (χ0v) is 10.6. The normalized spacial score (nSPS) is 10.2. The minimum atomic E-state index is -0.379. The molecule has 0 N–H and O–H groups in total. The van der Waals surface area contributed by atoms with Gasteiger partial charge in [0.05, 0.1) is 10.5 Å². The van der Waals surface area contributed by atoms with E-state index in [1.807, 2.05) is 19.1 Å². The van der Waals surface area contributed by atoms with Crippen LogP contribution in [-0.2, 0) is 13.0 Å². The van der Waals surface area contributed by atoms with Crippen LogP contribution in [0.2, 0.25) is 0 Å². The molecule has 0 aliphatic rings. The highest BCUT2D eigenvalue weighted by atomic mass is 16.6. The van der Waals surface area contributed by atoms with Crippen LogP contribution < -0.4 is 4.74 Å². The predicted octanol–water partition coefficient (Wildman–Crippen LogP) is 3.13. The Kier molecular flexibility index (Phi) is 4.07. The summed E-state index contributed by atoms with van der Waals surface area (Å²) in [5, 5.41) is 11.0. The molecule has 0 saturated heterocycles. The van der Waals surface area contributed by atoms with Crippen LogP contribution in [0.3, 0.4) is 0 Å². The number of nitro groups is 1. The molecule has 0 bridgehead atoms. The van der Waals surface area contributed by atoms with Crippen molar-refractivity contribution in [3.63, 3.8) is 0 Å². The summed E-state index contributed by atoms with van der Waals surface area (Å²) in [5.41, 5.74) is 1.63. The Morgan fingerprint density at radius 3 is 2.74 bits per heavy atom. The van der Waals surface area contributed by atoms with Crippen LogP contribution in [0.25, 0.3) is 0 Å². The van der Waals surface area contributed by atoms with Gasteiger partial charge in [-0.05, 0) is 18.1 Å². The zero-order valence-electron chi connectivity index (χ0n) is 10.6. The van der Waals surface area contributed by atoms with Crippen molar-refractivity contribution in [2.75, 3.05) is 0 Å². The molecule has 0 amide bonds. The van der Waals surface area contributed by atoms with Gasteiger partial charge in [0.25, 0.3) is 5.69 Å². The van der Waals surface area contributed by atoms with Gasteiger partial charge in [-0.25, -0.2) is 4.98 Å². The molecule has 0 unspecified atom stereocenters. The average Bonchev–Trinajstić information content (AvgIpc) is 2.45. The number of aromatic nitrogens is 1. The molecule has 0 fully saturated rings. The number of hydrogen-bond donors (Lipinski definition) is 0. The molecule has 19 heavy (non-hydrogen) atoms. The molecule has 2 rings (SSSR count). The van der Waals surface area contributed by atoms with Gasteiger partial charge in [-0.15, -0.1) is 0 Å². The minimum absolute atomic E-state index is 0.0929. The molecule has 0 aliphatic heterocycles. The van der Waals surface area contributed by atoms with Gasteiger partial charge in [0.15, 0.2) is 0 Å². The van der Waals surface area contributed by atoms with Crippen LogP contribution in [0.4, 0.5) is 5.69 Å². The monoisotopic (exact) mass is 258 g/mol. The molecule has 0 atom stereocenters. The number of ether oxygens (including phenoxy) is 1. The number of pyridine rings is 1. The van der Waals surface area contributed by atoms with Crippen LogP contribution in [0, 0.1) is 10.1 Å². The molecular formula is C14H14N2O3. The summed E-state index contributed by atoms with van der Waals surface area (Å²) >= 11 is 0. The average molecular weight is 258 g/mol. The van der Waals surface area contributed by atoms with Crippen LogP contribution in [0.5, 0.6) is 5.88 Å². The van der Waals surface area contributed by atoms with Crippen molar-refractivity contribution in [1.82, 2.24) is 4.98 Å². The third-order valence-corrected chi connectivity index (χ3v) is 2.83. The molecule has 5 heteroatoms. The Morgan fingerprint density at radius 2 is 2.11 bits per heavy atom. The van der Waals surface area contributed by atoms with Gasteiger partial charge in [-0.1, -0.05) is 25.1 Å². The number of hydrogen-bond acceptors (Lipinski definition) is 4. The first-order chi connectivity index (χ1) is 9.22. The fourth-order valence-corrected chi connectivity index (χ4v) is 1.87. The second-order valence-corrected chi connectivity index (χ2v) is 3.98. The molecule has 1 heterocycles. The SMILES string of the molecule is CCc1cccc([N+](=O)[O-])c1COc1ccccn1. The lowest BCUT2D eigenvalue weighted by Gasteiger charge is -2.09. The molecule has 1 aromatic carbocycles. The van der Waals surface area contributed by atoms with Crippen molar-refractivity contribution in [2.45, 2.75) is 20.0 Å². The van der Waals surface area contributed by atoms with Crippen LogP contribution in [0.15, 0.2) is 42.6 Å². The second kappa shape index (κ2) is 5.95. The van der Waals surface area contributed by atoms with E-state index in [4.69, 9.17) is 4.74 Å². The van der Waals surface area contributed by atoms with Crippen molar-refractivity contribution >= 4 is 5.69 Å². The first-order valence-corrected chi connectivity index (χ1v) is 6.01. The topological polar surface area (TPSA) is 65.3 Å². The van der Waals surface area contributed by atoms with Gasteiger partial charge < -0.3 is 4.74 Å². The Morgan fingerprint density at radius 1 is 1.26 bits per heavy atom. The molecule has 0 radical (unpaired) electrons. The van der Waals surface area contributed by atoms with Crippen molar-refractivity contribution in [3.05, 3.63) is 63.8 Å². The second-order valence-electron chi connectivity index (χ2n) is 3.98. The van der Waals surface area contributed by atoms with E-state index in [1.54, 1.807) is 24.4 Å². The molecule has 1 aromatic heterocycles. The maximum absolute atomic E-state index is 11.0. The van der Waals surface area contributed by atoms with E-state index in [0.29, 0.717) is 11.4 Å². The first-order valence-electron chi connectivity index (χ1n) is 6.01. The minimum Gasteiger partial charge on any atom is -0.473 e. The third-order valence-electron chi connectivity index (χ3n) is 2.83. The Labute approximate surface area is 111 Å². The van der Waals surface area contributed by atoms with E-state index in [0.717, 1.165) is 12.0 Å². The molecule has 5 nitrogen and oxygen atoms in total. The summed E-state index contributed by atoms with van der Waals surface area (Å²) in [4.78, 5) is 14.7. The summed E-state index contributed by atoms with van der Waals surface area (Å²) in [7, 11) is 0. The summed E-state index contributed by atoms with van der Waals surface area (Å²) in [5.74, 6) is 0.461. The van der Waals surface area contributed by atoms with Crippen molar-refractivity contribution < 1.29 is 9.66 Å². The van der Waals surface area contributed by atoms with Crippen molar-refractivity contribution in [2.24, 2.45) is 0 Å². The lowest BCUT2D eigenvalue weighted by molar-refractivity contribution is -0.385. The lowest BCUT2D eigenvalue weighted by atomic mass is 10.0. The van der Waals surface area contributed by atoms with E-state index in [1.165, 1.54) is 6.07 Å². The van der Waals surface area contributed by atoms with Crippen molar-refractivity contribution in [3.8, 4) is 5.88 Å². The van der Waals surface area contributed by atoms with Gasteiger partial charge >= 0.3 is 0 Å². The number of aryl methyl sites for hydroxylation is 1. The fourth-order valence-electron chi connectivity index (χ4n) is 1.87. The van der Waals surface area contributed by atoms with Gasteiger partial charge in [-0.2, -0.15) is 0 Å². The van der Waals surface area contributed by atoms with Crippen molar-refractivity contribution in [1.29, 1.82) is 0 Å². The number of nitro benzene ring substituents is 1. The highest BCUT2D eigenvalue weighted by molar-refractivity contribution is 5.45. The van der Waals surface area contributed by atoms with E-state index in [9.17, 15) is 10.1 Å². The quantitative estimate of drug-likeness (QED) is 0.610. The van der Waals surface area contributed by atoms with Gasteiger partial charge in [0.1, 0.15) is 6.61 Å². The Hall–Kier alpha value is -2.43. The molecule has 0 aliphatic carbocycles. The highest BCUT2D eigenvalue weighted by Crippen LogP contribution is 2.24. The lowest BCUT2D eigenvalue weighted by Crippen LogP contribution is -2.05. The summed E-state index contributed by atoms with van der Waals surface area (Å²) in [6.07, 6.45) is 2.35. The summed E-state index contributed by atoms with van der Waals surface area (Å²) < 4.78 is 5.51. The van der Waals surface area contributed by atoms with Gasteiger partial charge in [-0.3, -0.25) is 10.1 Å². The molecule has 0 spiro atoms. The van der Waals surface area contributed by atoms with E-state index in [-0.39, 0.29) is 17.2 Å². The number of benzene rings is 1. The summed E-state index contributed by atoms with van der Waals surface area (Å²) in [6, 6.07) is 10.4. The van der Waals surface area contributed by atoms with Gasteiger partial charge in [0, 0.05) is 18.3 Å². The van der Waals surface area contributed by atoms with Crippen LogP contribution in [0.1, 0.15) is 18.1 Å². The van der Waals surface area contributed by atoms with E-state index >= 15 is 0 Å². The summed E-state index contributed by atoms with van der Waals surface area (Å²) in [6.45, 7) is 2.11. The van der Waals surface area contributed by atoms with E-state index < -0.39 is 0 Å². The number of nitrogens with zero attached hydrogens (tertiary/aromatic N) is 2. The Bertz CT molecular complexity index is 570. The first kappa shape index (κ1) is 13.0. The number of rotatable bonds is 5. The fraction of sp³-hybridized carbons (Fsp3) is 0.214. The van der Waals surface area contributed by atoms with Crippen LogP contribution in [-0.4, -0.2) is 9.91 Å². The Balaban J connectivity index is 2.25. The van der Waals surface area contributed by atoms with Crippen LogP contribution >= 0.6 is 0 Å². The van der Waals surface area contributed by atoms with E-state index in [2.05, 4.69) is 4.98 Å². The maximum Gasteiger partial charge on any atom is 0.276 e. The predicted molar refractivity (Wildman–Crippen MR) is 71.0 cm³/mol. The molecule has 98 valence electrons. The largest absolute Gasteiger partial charge is 0.473 e. The third kappa shape index (κ3) is 3.07. The maximum atomic E-state index is 11.0. The molecular weight excluding hydrogens is 244 g/mol. The van der Waals surface area contributed by atoms with Gasteiger partial charge in [0.2, 0.25) is 5.88 Å². The highest BCUT2D eigenvalue weighted by Gasteiger charge is 2.17.